The van der Waals surface area contributed by atoms with E-state index >= 15 is 0 Å². The molecular weight excluding hydrogens is 422 g/mol. The summed E-state index contributed by atoms with van der Waals surface area (Å²) >= 11 is 3.95. The molecule has 13 nitrogen and oxygen atoms in total. The number of hydrogen-bond donors (Lipinski definition) is 8. The molecule has 14 heteroatoms. The lowest BCUT2D eigenvalue weighted by Gasteiger charge is -2.22. The van der Waals surface area contributed by atoms with Crippen LogP contribution < -0.4 is 27.4 Å². The first-order valence-corrected chi connectivity index (χ1v) is 9.52. The van der Waals surface area contributed by atoms with Crippen LogP contribution in [0.2, 0.25) is 0 Å². The van der Waals surface area contributed by atoms with Gasteiger partial charge < -0.3 is 37.6 Å². The number of amides is 4. The monoisotopic (exact) mass is 449 g/mol. The number of carbonyl (C=O) groups is 6. The number of carboxylic acid groups (broad SMARTS) is 2. The van der Waals surface area contributed by atoms with Gasteiger partial charge in [-0.15, -0.1) is 0 Å². The second-order valence-electron chi connectivity index (χ2n) is 6.42. The summed E-state index contributed by atoms with van der Waals surface area (Å²) in [5.74, 6) is -5.80. The van der Waals surface area contributed by atoms with Crippen LogP contribution in [0.5, 0.6) is 0 Å². The highest BCUT2D eigenvalue weighted by atomic mass is 32.1. The molecule has 0 saturated heterocycles. The molecule has 0 aliphatic carbocycles. The van der Waals surface area contributed by atoms with E-state index in [0.29, 0.717) is 0 Å². The molecule has 9 N–H and O–H groups in total. The standard InChI is InChI=1S/C16H27N5O8S/c1-7(19-14(26)8(17)2-5-12(23)24)13(25)21-10(6-30)15(27)20-9(16(28)29)3-4-11(18)22/h7-10,30H,2-6,17H2,1H3,(H2,18,22)(H,19,26)(H,20,27)(H,21,25)(H,23,24)(H,28,29). The Morgan fingerprint density at radius 1 is 0.867 bits per heavy atom. The Morgan fingerprint density at radius 3 is 1.90 bits per heavy atom. The molecule has 0 bridgehead atoms. The Hall–Kier alpha value is -2.87. The van der Waals surface area contributed by atoms with E-state index < -0.39 is 59.7 Å². The number of nitrogens with one attached hydrogen (secondary N) is 3. The van der Waals surface area contributed by atoms with Crippen LogP contribution in [-0.4, -0.2) is 75.7 Å². The molecule has 0 saturated carbocycles. The van der Waals surface area contributed by atoms with Crippen LogP contribution in [-0.2, 0) is 28.8 Å². The zero-order valence-corrected chi connectivity index (χ0v) is 17.2. The number of carbonyl (C=O) groups excluding carboxylic acids is 4. The van der Waals surface area contributed by atoms with Gasteiger partial charge in [-0.3, -0.25) is 24.0 Å². The number of nitrogens with two attached hydrogens (primary N) is 2. The number of thiol groups is 1. The molecule has 0 aromatic carbocycles. The lowest BCUT2D eigenvalue weighted by molar-refractivity contribution is -0.142. The number of rotatable bonds is 14. The van der Waals surface area contributed by atoms with Crippen molar-refractivity contribution in [3.63, 3.8) is 0 Å². The molecule has 0 aliphatic rings. The number of primary amides is 1. The molecule has 0 aromatic heterocycles. The average Bonchev–Trinajstić information content (AvgIpc) is 2.66. The number of aliphatic carboxylic acids is 2. The van der Waals surface area contributed by atoms with Crippen molar-refractivity contribution in [2.24, 2.45) is 11.5 Å². The smallest absolute Gasteiger partial charge is 0.326 e. The molecular formula is C16H27N5O8S. The van der Waals surface area contributed by atoms with E-state index in [1.165, 1.54) is 6.92 Å². The molecule has 0 aliphatic heterocycles. The summed E-state index contributed by atoms with van der Waals surface area (Å²) in [5.41, 5.74) is 10.5. The van der Waals surface area contributed by atoms with Crippen molar-refractivity contribution >= 4 is 48.2 Å². The first-order valence-electron chi connectivity index (χ1n) is 8.89. The number of hydrogen-bond acceptors (Lipinski definition) is 8. The molecule has 4 unspecified atom stereocenters. The lowest BCUT2D eigenvalue weighted by Crippen LogP contribution is -2.57. The fraction of sp³-hybridized carbons (Fsp3) is 0.625. The van der Waals surface area contributed by atoms with Crippen molar-refractivity contribution in [1.29, 1.82) is 0 Å². The van der Waals surface area contributed by atoms with E-state index in [1.807, 2.05) is 0 Å². The zero-order valence-electron chi connectivity index (χ0n) is 16.3. The van der Waals surface area contributed by atoms with Gasteiger partial charge in [-0.25, -0.2) is 4.79 Å². The zero-order chi connectivity index (χ0) is 23.4. The molecule has 0 radical (unpaired) electrons. The van der Waals surface area contributed by atoms with E-state index in [9.17, 15) is 28.8 Å². The highest BCUT2D eigenvalue weighted by Crippen LogP contribution is 2.01. The summed E-state index contributed by atoms with van der Waals surface area (Å²) in [5, 5.41) is 24.5. The average molecular weight is 449 g/mol. The molecule has 30 heavy (non-hydrogen) atoms. The quantitative estimate of drug-likeness (QED) is 0.126. The number of carboxylic acids is 2. The van der Waals surface area contributed by atoms with Gasteiger partial charge >= 0.3 is 11.9 Å². The highest BCUT2D eigenvalue weighted by molar-refractivity contribution is 7.80. The fourth-order valence-electron chi connectivity index (χ4n) is 2.10. The van der Waals surface area contributed by atoms with Gasteiger partial charge in [0.25, 0.3) is 0 Å². The van der Waals surface area contributed by atoms with Crippen molar-refractivity contribution < 1.29 is 39.0 Å². The van der Waals surface area contributed by atoms with Gasteiger partial charge in [0.15, 0.2) is 0 Å². The predicted octanol–water partition coefficient (Wildman–Crippen LogP) is -3.07. The van der Waals surface area contributed by atoms with E-state index in [0.717, 1.165) is 0 Å². The van der Waals surface area contributed by atoms with Gasteiger partial charge in [0.05, 0.1) is 6.04 Å². The topological polar surface area (TPSA) is 231 Å². The third-order valence-electron chi connectivity index (χ3n) is 3.87. The van der Waals surface area contributed by atoms with Crippen LogP contribution in [0.25, 0.3) is 0 Å². The fourth-order valence-corrected chi connectivity index (χ4v) is 2.36. The van der Waals surface area contributed by atoms with Gasteiger partial charge in [0, 0.05) is 18.6 Å². The molecule has 0 fully saturated rings. The summed E-state index contributed by atoms with van der Waals surface area (Å²) in [6.45, 7) is 1.32. The Balaban J connectivity index is 4.80. The van der Waals surface area contributed by atoms with Crippen molar-refractivity contribution in [3.8, 4) is 0 Å². The first kappa shape index (κ1) is 27.1. The second kappa shape index (κ2) is 13.4. The molecule has 4 amide bonds. The van der Waals surface area contributed by atoms with E-state index in [1.54, 1.807) is 0 Å². The van der Waals surface area contributed by atoms with Crippen molar-refractivity contribution in [3.05, 3.63) is 0 Å². The lowest BCUT2D eigenvalue weighted by atomic mass is 10.1. The predicted molar refractivity (Wildman–Crippen MR) is 106 cm³/mol. The maximum Gasteiger partial charge on any atom is 0.326 e. The molecule has 0 rings (SSSR count). The van der Waals surface area contributed by atoms with Crippen LogP contribution in [0.1, 0.15) is 32.6 Å². The van der Waals surface area contributed by atoms with Crippen LogP contribution in [0.4, 0.5) is 0 Å². The van der Waals surface area contributed by atoms with E-state index in [-0.39, 0.29) is 31.4 Å². The Morgan fingerprint density at radius 2 is 1.43 bits per heavy atom. The molecule has 0 aromatic rings. The largest absolute Gasteiger partial charge is 0.481 e. The summed E-state index contributed by atoms with van der Waals surface area (Å²) in [6.07, 6.45) is -0.943. The van der Waals surface area contributed by atoms with Crippen LogP contribution >= 0.6 is 12.6 Å². The van der Waals surface area contributed by atoms with Gasteiger partial charge in [-0.05, 0) is 19.8 Å². The van der Waals surface area contributed by atoms with Crippen LogP contribution in [0.15, 0.2) is 0 Å². The third kappa shape index (κ3) is 10.6. The minimum atomic E-state index is -1.39. The van der Waals surface area contributed by atoms with Gasteiger partial charge in [-0.2, -0.15) is 12.6 Å². The maximum absolute atomic E-state index is 12.3. The SMILES string of the molecule is CC(NC(=O)C(N)CCC(=O)O)C(=O)NC(CS)C(=O)NC(CCC(N)=O)C(=O)O. The van der Waals surface area contributed by atoms with Crippen molar-refractivity contribution in [2.45, 2.75) is 56.8 Å². The van der Waals surface area contributed by atoms with Gasteiger partial charge in [0.2, 0.25) is 23.6 Å². The molecule has 0 heterocycles. The van der Waals surface area contributed by atoms with Crippen LogP contribution in [0.3, 0.4) is 0 Å². The van der Waals surface area contributed by atoms with E-state index in [2.05, 4.69) is 28.6 Å². The van der Waals surface area contributed by atoms with Gasteiger partial charge in [-0.1, -0.05) is 0 Å². The second-order valence-corrected chi connectivity index (χ2v) is 6.78. The first-order chi connectivity index (χ1) is 13.9. The third-order valence-corrected chi connectivity index (χ3v) is 4.23. The highest BCUT2D eigenvalue weighted by Gasteiger charge is 2.28. The summed E-state index contributed by atoms with van der Waals surface area (Å²) in [4.78, 5) is 68.9. The Labute approximate surface area is 177 Å². The summed E-state index contributed by atoms with van der Waals surface area (Å²) in [7, 11) is 0. The van der Waals surface area contributed by atoms with Gasteiger partial charge in [0.1, 0.15) is 18.1 Å². The van der Waals surface area contributed by atoms with Crippen molar-refractivity contribution in [1.82, 2.24) is 16.0 Å². The van der Waals surface area contributed by atoms with Crippen LogP contribution in [0, 0.1) is 0 Å². The molecule has 170 valence electrons. The minimum absolute atomic E-state index is 0.126. The minimum Gasteiger partial charge on any atom is -0.481 e. The molecule has 4 atom stereocenters. The van der Waals surface area contributed by atoms with Crippen molar-refractivity contribution in [2.75, 3.05) is 5.75 Å². The summed E-state index contributed by atoms with van der Waals surface area (Å²) < 4.78 is 0. The normalized spacial score (nSPS) is 14.5. The Kier molecular flexibility index (Phi) is 12.1. The summed E-state index contributed by atoms with van der Waals surface area (Å²) in [6, 6.07) is -4.87. The Bertz CT molecular complexity index is 674. The van der Waals surface area contributed by atoms with E-state index in [4.69, 9.17) is 21.7 Å². The maximum atomic E-state index is 12.3. The molecule has 0 spiro atoms.